The molecule has 5 rings (SSSR count). The fourth-order valence-corrected chi connectivity index (χ4v) is 5.82. The maximum atomic E-state index is 9.29. The number of rotatable bonds is 7. The van der Waals surface area contributed by atoms with Crippen LogP contribution in [-0.4, -0.2) is 59.3 Å². The van der Waals surface area contributed by atoms with Crippen molar-refractivity contribution >= 4 is 45.9 Å². The number of likely N-dealkylation sites (tertiary alicyclic amines) is 1. The Morgan fingerprint density at radius 3 is 2.71 bits per heavy atom. The summed E-state index contributed by atoms with van der Waals surface area (Å²) in [7, 11) is 0. The average molecular weight is 500 g/mol. The summed E-state index contributed by atoms with van der Waals surface area (Å²) in [6, 6.07) is 13.7. The molecule has 1 aromatic heterocycles. The molecule has 180 valence electrons. The van der Waals surface area contributed by atoms with E-state index >= 15 is 0 Å². The van der Waals surface area contributed by atoms with Crippen LogP contribution in [-0.2, 0) is 0 Å². The minimum atomic E-state index is -0.0418. The van der Waals surface area contributed by atoms with E-state index in [9.17, 15) is 5.11 Å². The molecule has 2 saturated heterocycles. The van der Waals surface area contributed by atoms with Gasteiger partial charge in [-0.15, -0.1) is 0 Å². The molecule has 0 spiro atoms. The van der Waals surface area contributed by atoms with Gasteiger partial charge in [0.1, 0.15) is 5.82 Å². The standard InChI is InChI=1S/C26H31Cl2N5O/c1-17(21-9-8-20(27)13-23(21)28)29-25-22-6-2-3-7-24(22)30-26(31-25)33-15-19(16-33)18-5-4-10-32(14-18)11-12-34/h2-3,6-9,13,17-19,34H,4-5,10-12,14-16H2,1H3,(H,29,30,31)/t17-,18?/m1/s1. The Morgan fingerprint density at radius 2 is 1.91 bits per heavy atom. The highest BCUT2D eigenvalue weighted by molar-refractivity contribution is 6.35. The zero-order valence-corrected chi connectivity index (χ0v) is 20.9. The third-order valence-electron chi connectivity index (χ3n) is 7.19. The molecule has 2 atom stereocenters. The number of aromatic nitrogens is 2. The number of nitrogens with zero attached hydrogens (tertiary/aromatic N) is 4. The van der Waals surface area contributed by atoms with Crippen LogP contribution in [0.3, 0.4) is 0 Å². The van der Waals surface area contributed by atoms with Crippen LogP contribution in [0.4, 0.5) is 11.8 Å². The van der Waals surface area contributed by atoms with Crippen LogP contribution in [0.15, 0.2) is 42.5 Å². The molecule has 2 aliphatic heterocycles. The van der Waals surface area contributed by atoms with Gasteiger partial charge in [0.25, 0.3) is 0 Å². The van der Waals surface area contributed by atoms with Crippen molar-refractivity contribution in [3.05, 3.63) is 58.1 Å². The van der Waals surface area contributed by atoms with Gasteiger partial charge in [0.2, 0.25) is 5.95 Å². The molecule has 0 aliphatic carbocycles. The Kier molecular flexibility index (Phi) is 7.11. The third-order valence-corrected chi connectivity index (χ3v) is 7.75. The van der Waals surface area contributed by atoms with Crippen LogP contribution in [0, 0.1) is 11.8 Å². The first-order valence-electron chi connectivity index (χ1n) is 12.1. The smallest absolute Gasteiger partial charge is 0.227 e. The zero-order valence-electron chi connectivity index (χ0n) is 19.4. The van der Waals surface area contributed by atoms with Gasteiger partial charge in [-0.25, -0.2) is 4.98 Å². The van der Waals surface area contributed by atoms with Crippen LogP contribution in [0.25, 0.3) is 10.9 Å². The first kappa shape index (κ1) is 23.6. The van der Waals surface area contributed by atoms with E-state index in [0.29, 0.717) is 21.9 Å². The summed E-state index contributed by atoms with van der Waals surface area (Å²) in [5.41, 5.74) is 1.91. The Hall–Kier alpha value is -2.12. The van der Waals surface area contributed by atoms with Gasteiger partial charge >= 0.3 is 0 Å². The Labute approximate surface area is 210 Å². The lowest BCUT2D eigenvalue weighted by Crippen LogP contribution is -2.54. The number of β-amino-alcohol motifs (C(OH)–C–C–N with tert-alkyl or cyclic N) is 1. The molecule has 8 heteroatoms. The summed E-state index contributed by atoms with van der Waals surface area (Å²) in [5.74, 6) is 2.92. The summed E-state index contributed by atoms with van der Waals surface area (Å²) >= 11 is 12.5. The quantitative estimate of drug-likeness (QED) is 0.462. The number of nitrogens with one attached hydrogen (secondary N) is 1. The molecule has 34 heavy (non-hydrogen) atoms. The van der Waals surface area contributed by atoms with Crippen molar-refractivity contribution < 1.29 is 5.11 Å². The highest BCUT2D eigenvalue weighted by Gasteiger charge is 2.37. The number of aliphatic hydroxyl groups is 1. The lowest BCUT2D eigenvalue weighted by atomic mass is 9.81. The number of para-hydroxylation sites is 1. The van der Waals surface area contributed by atoms with Crippen molar-refractivity contribution in [1.29, 1.82) is 0 Å². The van der Waals surface area contributed by atoms with Crippen molar-refractivity contribution in [3.63, 3.8) is 0 Å². The first-order valence-corrected chi connectivity index (χ1v) is 12.8. The van der Waals surface area contributed by atoms with Gasteiger partial charge in [0.05, 0.1) is 18.2 Å². The lowest BCUT2D eigenvalue weighted by molar-refractivity contribution is 0.101. The number of aliphatic hydroxyl groups excluding tert-OH is 1. The molecule has 1 unspecified atom stereocenters. The van der Waals surface area contributed by atoms with E-state index in [1.807, 2.05) is 36.4 Å². The van der Waals surface area contributed by atoms with Gasteiger partial charge in [-0.2, -0.15) is 4.98 Å². The van der Waals surface area contributed by atoms with E-state index in [4.69, 9.17) is 33.2 Å². The van der Waals surface area contributed by atoms with Crippen molar-refractivity contribution in [2.45, 2.75) is 25.8 Å². The second kappa shape index (κ2) is 10.2. The molecular weight excluding hydrogens is 469 g/mol. The van der Waals surface area contributed by atoms with Crippen molar-refractivity contribution in [1.82, 2.24) is 14.9 Å². The van der Waals surface area contributed by atoms with E-state index in [0.717, 1.165) is 61.0 Å². The van der Waals surface area contributed by atoms with E-state index in [1.165, 1.54) is 12.8 Å². The molecule has 2 N–H and O–H groups in total. The maximum absolute atomic E-state index is 9.29. The minimum absolute atomic E-state index is 0.0418. The van der Waals surface area contributed by atoms with E-state index in [-0.39, 0.29) is 12.6 Å². The summed E-state index contributed by atoms with van der Waals surface area (Å²) < 4.78 is 0. The fraction of sp³-hybridized carbons (Fsp3) is 0.462. The minimum Gasteiger partial charge on any atom is -0.395 e. The molecule has 2 aliphatic rings. The van der Waals surface area contributed by atoms with Crippen LogP contribution in [0.5, 0.6) is 0 Å². The van der Waals surface area contributed by atoms with Crippen LogP contribution >= 0.6 is 23.2 Å². The van der Waals surface area contributed by atoms with Gasteiger partial charge < -0.3 is 20.2 Å². The van der Waals surface area contributed by atoms with Crippen molar-refractivity contribution in [2.75, 3.05) is 49.5 Å². The van der Waals surface area contributed by atoms with Gasteiger partial charge in [-0.05, 0) is 68.0 Å². The number of hydrogen-bond donors (Lipinski definition) is 2. The molecule has 3 heterocycles. The third kappa shape index (κ3) is 4.96. The largest absolute Gasteiger partial charge is 0.395 e. The monoisotopic (exact) mass is 499 g/mol. The van der Waals surface area contributed by atoms with E-state index in [1.54, 1.807) is 6.07 Å². The molecule has 6 nitrogen and oxygen atoms in total. The number of fused-ring (bicyclic) bond motifs is 1. The molecule has 2 aromatic carbocycles. The van der Waals surface area contributed by atoms with Crippen molar-refractivity contribution in [3.8, 4) is 0 Å². The second-order valence-corrected chi connectivity index (χ2v) is 10.4. The highest BCUT2D eigenvalue weighted by atomic mass is 35.5. The van der Waals surface area contributed by atoms with E-state index < -0.39 is 0 Å². The summed E-state index contributed by atoms with van der Waals surface area (Å²) in [6.07, 6.45) is 2.48. The number of benzene rings is 2. The second-order valence-electron chi connectivity index (χ2n) is 9.51. The number of piperidine rings is 1. The van der Waals surface area contributed by atoms with E-state index in [2.05, 4.69) is 22.0 Å². The molecule has 0 radical (unpaired) electrons. The lowest BCUT2D eigenvalue weighted by Gasteiger charge is -2.46. The van der Waals surface area contributed by atoms with Crippen LogP contribution in [0.1, 0.15) is 31.4 Å². The topological polar surface area (TPSA) is 64.5 Å². The first-order chi connectivity index (χ1) is 16.5. The fourth-order valence-electron chi connectivity index (χ4n) is 5.25. The molecular formula is C26H31Cl2N5O. The zero-order chi connectivity index (χ0) is 23.7. The normalized spacial score (nSPS) is 20.4. The molecule has 3 aromatic rings. The van der Waals surface area contributed by atoms with Gasteiger partial charge in [-0.1, -0.05) is 41.4 Å². The predicted octanol–water partition coefficient (Wildman–Crippen LogP) is 5.25. The Bertz CT molecular complexity index is 1150. The maximum Gasteiger partial charge on any atom is 0.227 e. The molecule has 0 saturated carbocycles. The number of halogens is 2. The predicted molar refractivity (Wildman–Crippen MR) is 140 cm³/mol. The Balaban J connectivity index is 1.33. The summed E-state index contributed by atoms with van der Waals surface area (Å²) in [4.78, 5) is 14.5. The van der Waals surface area contributed by atoms with Gasteiger partial charge in [-0.3, -0.25) is 0 Å². The van der Waals surface area contributed by atoms with Gasteiger partial charge in [0, 0.05) is 41.6 Å². The number of hydrogen-bond acceptors (Lipinski definition) is 6. The molecule has 0 bridgehead atoms. The van der Waals surface area contributed by atoms with Crippen LogP contribution in [0.2, 0.25) is 10.0 Å². The van der Waals surface area contributed by atoms with Crippen LogP contribution < -0.4 is 10.2 Å². The van der Waals surface area contributed by atoms with Gasteiger partial charge in [0.15, 0.2) is 0 Å². The molecule has 2 fully saturated rings. The summed E-state index contributed by atoms with van der Waals surface area (Å²) in [5, 5.41) is 15.1. The number of anilines is 2. The molecule has 0 amide bonds. The average Bonchev–Trinajstić information content (AvgIpc) is 2.78. The highest BCUT2D eigenvalue weighted by Crippen LogP contribution is 2.35. The summed E-state index contributed by atoms with van der Waals surface area (Å²) in [6.45, 7) is 7.25. The SMILES string of the molecule is C[C@@H](Nc1nc(N2CC(C3CCCN(CCO)C3)C2)nc2ccccc12)c1ccc(Cl)cc1Cl. The Morgan fingerprint density at radius 1 is 1.09 bits per heavy atom. The van der Waals surface area contributed by atoms with Crippen molar-refractivity contribution in [2.24, 2.45) is 11.8 Å².